The molecule has 0 radical (unpaired) electrons. The predicted octanol–water partition coefficient (Wildman–Crippen LogP) is 6.84. The standard InChI is InChI=1S/C45H69N3O6S/c1-10-44(46-23-24-48-25-27-55(51,52)28-26-48)22-21-41(5)34(37(44)45(29-47-45)43(7,50)30-53-8)15-16-36-40(4)19-17-33(31-11-13-32(14-12-31)38(49)54-9)39(2,3)35(40)18-20-42(36,41)6/h11-14,17,29,34-37,46,50H,10,15-16,18-28,30H2,1-9H3. The number of ether oxygens (including phenoxy) is 2. The van der Waals surface area contributed by atoms with Crippen LogP contribution in [0.1, 0.15) is 116 Å². The van der Waals surface area contributed by atoms with Crippen molar-refractivity contribution in [1.82, 2.24) is 10.2 Å². The fourth-order valence-corrected chi connectivity index (χ4v) is 15.4. The van der Waals surface area contributed by atoms with Crippen LogP contribution in [0.2, 0.25) is 0 Å². The average molecular weight is 780 g/mol. The molecule has 9 nitrogen and oxygen atoms in total. The molecular weight excluding hydrogens is 711 g/mol. The third-order valence-electron chi connectivity index (χ3n) is 17.4. The van der Waals surface area contributed by atoms with Gasteiger partial charge in [-0.2, -0.15) is 0 Å². The summed E-state index contributed by atoms with van der Waals surface area (Å²) in [6.07, 6.45) is 13.4. The molecule has 0 bridgehead atoms. The van der Waals surface area contributed by atoms with Gasteiger partial charge in [0.15, 0.2) is 9.84 Å². The quantitative estimate of drug-likeness (QED) is 0.235. The number of carbonyl (C=O) groups excluding carboxylic acids is 1. The lowest BCUT2D eigenvalue weighted by atomic mass is 9.32. The molecule has 0 amide bonds. The van der Waals surface area contributed by atoms with Gasteiger partial charge in [-0.15, -0.1) is 0 Å². The predicted molar refractivity (Wildman–Crippen MR) is 220 cm³/mol. The van der Waals surface area contributed by atoms with Crippen molar-refractivity contribution in [2.45, 2.75) is 117 Å². The largest absolute Gasteiger partial charge is 0.465 e. The van der Waals surface area contributed by atoms with E-state index in [4.69, 9.17) is 14.5 Å². The Morgan fingerprint density at radius 2 is 1.65 bits per heavy atom. The lowest BCUT2D eigenvalue weighted by Gasteiger charge is -2.73. The minimum absolute atomic E-state index is 0.0292. The van der Waals surface area contributed by atoms with Crippen LogP contribution in [-0.4, -0.2) is 106 Å². The number of rotatable bonds is 11. The van der Waals surface area contributed by atoms with E-state index in [1.165, 1.54) is 31.1 Å². The summed E-state index contributed by atoms with van der Waals surface area (Å²) < 4.78 is 35.0. The molecule has 1 aromatic rings. The molecule has 2 heterocycles. The molecule has 10 atom stereocenters. The summed E-state index contributed by atoms with van der Waals surface area (Å²) in [6, 6.07) is 8.00. The van der Waals surface area contributed by atoms with E-state index in [0.717, 1.165) is 51.6 Å². The highest BCUT2D eigenvalue weighted by Crippen LogP contribution is 2.76. The third-order valence-corrected chi connectivity index (χ3v) is 19.0. The van der Waals surface area contributed by atoms with E-state index in [2.05, 4.69) is 76.2 Å². The van der Waals surface area contributed by atoms with Gasteiger partial charge in [0.05, 0.1) is 30.8 Å². The zero-order valence-corrected chi connectivity index (χ0v) is 36.0. The van der Waals surface area contributed by atoms with E-state index in [0.29, 0.717) is 36.4 Å². The smallest absolute Gasteiger partial charge is 0.337 e. The first kappa shape index (κ1) is 41.1. The molecule has 3 saturated carbocycles. The van der Waals surface area contributed by atoms with E-state index in [9.17, 15) is 18.3 Å². The van der Waals surface area contributed by atoms with Crippen molar-refractivity contribution < 1.29 is 27.8 Å². The van der Waals surface area contributed by atoms with Crippen LogP contribution in [0.25, 0.3) is 5.57 Å². The van der Waals surface area contributed by atoms with Crippen molar-refractivity contribution in [2.75, 3.05) is 58.5 Å². The third kappa shape index (κ3) is 6.33. The first-order valence-corrected chi connectivity index (χ1v) is 23.0. The van der Waals surface area contributed by atoms with Gasteiger partial charge in [0, 0.05) is 51.0 Å². The molecule has 4 fully saturated rings. The van der Waals surface area contributed by atoms with E-state index in [-0.39, 0.29) is 57.2 Å². The van der Waals surface area contributed by atoms with E-state index >= 15 is 0 Å². The molecule has 2 N–H and O–H groups in total. The number of hydrogen-bond acceptors (Lipinski definition) is 9. The number of fused-ring (bicyclic) bond motifs is 5. The number of aliphatic hydroxyl groups is 1. The van der Waals surface area contributed by atoms with Crippen molar-refractivity contribution in [1.29, 1.82) is 0 Å². The minimum Gasteiger partial charge on any atom is -0.465 e. The maximum absolute atomic E-state index is 12.3. The van der Waals surface area contributed by atoms with Crippen LogP contribution in [0.3, 0.4) is 0 Å². The highest BCUT2D eigenvalue weighted by atomic mass is 32.2. The Labute approximate surface area is 331 Å². The number of allylic oxidation sites excluding steroid dienone is 2. The minimum atomic E-state index is -2.93. The average Bonchev–Trinajstić information content (AvgIpc) is 3.95. The van der Waals surface area contributed by atoms with Crippen molar-refractivity contribution >= 4 is 27.6 Å². The van der Waals surface area contributed by atoms with Crippen LogP contribution in [-0.2, 0) is 19.3 Å². The van der Waals surface area contributed by atoms with Gasteiger partial charge in [0.25, 0.3) is 0 Å². The lowest BCUT2D eigenvalue weighted by molar-refractivity contribution is -0.229. The molecule has 2 aliphatic heterocycles. The van der Waals surface area contributed by atoms with Gasteiger partial charge < -0.3 is 24.8 Å². The number of carbonyl (C=O) groups is 1. The maximum atomic E-state index is 12.3. The second-order valence-electron chi connectivity index (χ2n) is 20.0. The zero-order valence-electron chi connectivity index (χ0n) is 35.2. The van der Waals surface area contributed by atoms with Crippen LogP contribution >= 0.6 is 0 Å². The van der Waals surface area contributed by atoms with Crippen LogP contribution in [0, 0.1) is 45.3 Å². The molecule has 1 saturated heterocycles. The first-order valence-electron chi connectivity index (χ1n) is 21.1. The van der Waals surface area contributed by atoms with E-state index < -0.39 is 21.0 Å². The molecule has 306 valence electrons. The molecule has 55 heavy (non-hydrogen) atoms. The summed E-state index contributed by atoms with van der Waals surface area (Å²) in [7, 11) is 0.173. The fourth-order valence-electron chi connectivity index (χ4n) is 14.1. The molecule has 7 rings (SSSR count). The van der Waals surface area contributed by atoms with Crippen LogP contribution < -0.4 is 5.32 Å². The monoisotopic (exact) mass is 779 g/mol. The Balaban J connectivity index is 1.20. The van der Waals surface area contributed by atoms with Crippen molar-refractivity contribution in [3.05, 3.63) is 41.5 Å². The Morgan fingerprint density at radius 1 is 0.982 bits per heavy atom. The number of aliphatic imine (C=N–C) groups is 1. The van der Waals surface area contributed by atoms with Crippen molar-refractivity contribution in [2.24, 2.45) is 50.3 Å². The summed E-state index contributed by atoms with van der Waals surface area (Å²) >= 11 is 0. The second-order valence-corrected chi connectivity index (χ2v) is 22.3. The van der Waals surface area contributed by atoms with Crippen LogP contribution in [0.4, 0.5) is 0 Å². The number of nitrogens with one attached hydrogen (secondary N) is 1. The highest BCUT2D eigenvalue weighted by molar-refractivity contribution is 7.91. The van der Waals surface area contributed by atoms with Crippen molar-refractivity contribution in [3.8, 4) is 0 Å². The normalized spacial score (nSPS) is 41.5. The number of benzene rings is 1. The summed E-state index contributed by atoms with van der Waals surface area (Å²) in [6.45, 7) is 20.0. The number of methoxy groups -OCH3 is 2. The summed E-state index contributed by atoms with van der Waals surface area (Å²) in [5.74, 6) is 1.72. The van der Waals surface area contributed by atoms with E-state index in [1.54, 1.807) is 7.11 Å². The summed E-state index contributed by atoms with van der Waals surface area (Å²) in [5, 5.41) is 16.4. The molecule has 0 spiro atoms. The van der Waals surface area contributed by atoms with Gasteiger partial charge in [-0.05, 0) is 121 Å². The molecular formula is C45H69N3O6S. The van der Waals surface area contributed by atoms with Gasteiger partial charge in [0.1, 0.15) is 11.1 Å². The maximum Gasteiger partial charge on any atom is 0.337 e. The molecule has 0 aromatic heterocycles. The highest BCUT2D eigenvalue weighted by Gasteiger charge is 2.74. The molecule has 6 aliphatic rings. The summed E-state index contributed by atoms with van der Waals surface area (Å²) in [4.78, 5) is 19.6. The number of hydrogen-bond donors (Lipinski definition) is 2. The van der Waals surface area contributed by atoms with Gasteiger partial charge in [-0.1, -0.05) is 59.8 Å². The number of nitrogens with zero attached hydrogens (tertiary/aromatic N) is 2. The Kier molecular flexibility index (Phi) is 10.5. The molecule has 10 heteroatoms. The fraction of sp³-hybridized carbons (Fsp3) is 0.778. The molecule has 1 aromatic carbocycles. The zero-order chi connectivity index (χ0) is 39.9. The molecule has 10 unspecified atom stereocenters. The van der Waals surface area contributed by atoms with Crippen molar-refractivity contribution in [3.63, 3.8) is 0 Å². The van der Waals surface area contributed by atoms with Gasteiger partial charge in [-0.25, -0.2) is 13.2 Å². The molecule has 4 aliphatic carbocycles. The van der Waals surface area contributed by atoms with E-state index in [1.807, 2.05) is 19.1 Å². The Hall–Kier alpha value is -2.11. The Morgan fingerprint density at radius 3 is 2.25 bits per heavy atom. The van der Waals surface area contributed by atoms with Gasteiger partial charge in [0.2, 0.25) is 0 Å². The lowest BCUT2D eigenvalue weighted by Crippen LogP contribution is -2.73. The van der Waals surface area contributed by atoms with Gasteiger partial charge in [-0.3, -0.25) is 4.99 Å². The number of esters is 1. The second kappa shape index (κ2) is 14.0. The van der Waals surface area contributed by atoms with Crippen LogP contribution in [0.5, 0.6) is 0 Å². The number of sulfone groups is 1. The topological polar surface area (TPSA) is 118 Å². The first-order chi connectivity index (χ1) is 25.8. The Bertz CT molecular complexity index is 1790. The summed E-state index contributed by atoms with van der Waals surface area (Å²) in [5.41, 5.74) is 1.40. The SMILES string of the molecule is CCC1(NCCN2CCS(=O)(=O)CC2)CCC2(C)C(CCC3C4(C)CC=C(c5ccc(C(=O)OC)cc5)C(C)(C)C4CCC32C)C1C1(C(C)(O)COC)C=N1. The van der Waals surface area contributed by atoms with Gasteiger partial charge >= 0.3 is 5.97 Å². The van der Waals surface area contributed by atoms with Crippen LogP contribution in [0.15, 0.2) is 35.3 Å².